The quantitative estimate of drug-likeness (QED) is 0.909. The van der Waals surface area contributed by atoms with Crippen LogP contribution in [-0.2, 0) is 11.2 Å². The number of hydrogen-bond donors (Lipinski definition) is 2. The zero-order valence-corrected chi connectivity index (χ0v) is 11.6. The molecule has 0 aliphatic rings. The van der Waals surface area contributed by atoms with Gasteiger partial charge in [0, 0.05) is 10.6 Å². The maximum Gasteiger partial charge on any atom is 0.345 e. The Kier molecular flexibility index (Phi) is 4.36. The number of thiophene rings is 1. The molecule has 4 nitrogen and oxygen atoms in total. The maximum absolute atomic E-state index is 13.5. The molecule has 1 aromatic carbocycles. The monoisotopic (exact) mass is 313 g/mol. The summed E-state index contributed by atoms with van der Waals surface area (Å²) in [5.41, 5.74) is 0.113. The molecule has 0 unspecified atom stereocenters. The molecule has 0 saturated carbocycles. The largest absolute Gasteiger partial charge is 0.477 e. The number of hydrogen-bond acceptors (Lipinski definition) is 3. The van der Waals surface area contributed by atoms with E-state index in [9.17, 15) is 14.0 Å². The van der Waals surface area contributed by atoms with Gasteiger partial charge < -0.3 is 10.4 Å². The van der Waals surface area contributed by atoms with Crippen LogP contribution in [0.5, 0.6) is 0 Å². The standard InChI is InChI=1S/C13H9ClFNO3S/c14-8-2-1-3-9(15)7(8)6-11(17)16-12-5-4-10(20-12)13(18)19/h1-5H,6H2,(H,16,17)(H,18,19). The molecule has 0 atom stereocenters. The van der Waals surface area contributed by atoms with Crippen molar-refractivity contribution in [3.8, 4) is 0 Å². The molecule has 1 aromatic heterocycles. The van der Waals surface area contributed by atoms with Crippen LogP contribution in [-0.4, -0.2) is 17.0 Å². The van der Waals surface area contributed by atoms with Crippen LogP contribution in [0.15, 0.2) is 30.3 Å². The molecule has 0 fully saturated rings. The van der Waals surface area contributed by atoms with Crippen LogP contribution in [0.1, 0.15) is 15.2 Å². The Morgan fingerprint density at radius 2 is 2.05 bits per heavy atom. The van der Waals surface area contributed by atoms with E-state index in [1.807, 2.05) is 0 Å². The molecule has 2 rings (SSSR count). The molecule has 0 spiro atoms. The van der Waals surface area contributed by atoms with Crippen LogP contribution in [0.25, 0.3) is 0 Å². The predicted octanol–water partition coefficient (Wildman–Crippen LogP) is 3.42. The normalized spacial score (nSPS) is 10.3. The topological polar surface area (TPSA) is 66.4 Å². The van der Waals surface area contributed by atoms with E-state index in [-0.39, 0.29) is 21.9 Å². The Morgan fingerprint density at radius 1 is 1.30 bits per heavy atom. The summed E-state index contributed by atoms with van der Waals surface area (Å²) in [6.45, 7) is 0. The van der Waals surface area contributed by atoms with Gasteiger partial charge in [-0.3, -0.25) is 4.79 Å². The number of amides is 1. The Balaban J connectivity index is 2.07. The van der Waals surface area contributed by atoms with Crippen molar-refractivity contribution in [2.75, 3.05) is 5.32 Å². The number of carboxylic acid groups (broad SMARTS) is 1. The molecule has 7 heteroatoms. The molecule has 0 saturated heterocycles. The molecule has 2 aromatic rings. The lowest BCUT2D eigenvalue weighted by Gasteiger charge is -2.05. The first-order valence-electron chi connectivity index (χ1n) is 5.53. The molecule has 2 N–H and O–H groups in total. The zero-order valence-electron chi connectivity index (χ0n) is 10.0. The van der Waals surface area contributed by atoms with E-state index in [1.165, 1.54) is 30.3 Å². The number of carboxylic acids is 1. The van der Waals surface area contributed by atoms with Crippen molar-refractivity contribution >= 4 is 39.8 Å². The zero-order chi connectivity index (χ0) is 14.7. The van der Waals surface area contributed by atoms with Gasteiger partial charge in [-0.15, -0.1) is 11.3 Å². The van der Waals surface area contributed by atoms with E-state index in [0.29, 0.717) is 5.00 Å². The van der Waals surface area contributed by atoms with Crippen LogP contribution in [0.3, 0.4) is 0 Å². The van der Waals surface area contributed by atoms with Gasteiger partial charge in [0.25, 0.3) is 0 Å². The summed E-state index contributed by atoms with van der Waals surface area (Å²) in [6, 6.07) is 7.05. The lowest BCUT2D eigenvalue weighted by atomic mass is 10.1. The molecule has 20 heavy (non-hydrogen) atoms. The Labute approximate surface area is 122 Å². The molecular formula is C13H9ClFNO3S. The summed E-state index contributed by atoms with van der Waals surface area (Å²) in [4.78, 5) is 22.6. The number of halogens is 2. The minimum Gasteiger partial charge on any atom is -0.477 e. The van der Waals surface area contributed by atoms with E-state index >= 15 is 0 Å². The highest BCUT2D eigenvalue weighted by molar-refractivity contribution is 7.18. The lowest BCUT2D eigenvalue weighted by molar-refractivity contribution is -0.115. The van der Waals surface area contributed by atoms with Gasteiger partial charge >= 0.3 is 5.97 Å². The first kappa shape index (κ1) is 14.5. The minimum absolute atomic E-state index is 0.113. The average molecular weight is 314 g/mol. The van der Waals surface area contributed by atoms with Gasteiger partial charge in [-0.1, -0.05) is 17.7 Å². The van der Waals surface area contributed by atoms with Crippen molar-refractivity contribution in [1.82, 2.24) is 0 Å². The Bertz CT molecular complexity index is 651. The highest BCUT2D eigenvalue weighted by Crippen LogP contribution is 2.23. The summed E-state index contributed by atoms with van der Waals surface area (Å²) in [7, 11) is 0. The molecule has 104 valence electrons. The van der Waals surface area contributed by atoms with Gasteiger partial charge in [0.15, 0.2) is 0 Å². The first-order valence-corrected chi connectivity index (χ1v) is 6.72. The van der Waals surface area contributed by atoms with Crippen LogP contribution >= 0.6 is 22.9 Å². The molecule has 0 aliphatic heterocycles. The molecule has 1 heterocycles. The lowest BCUT2D eigenvalue weighted by Crippen LogP contribution is -2.14. The van der Waals surface area contributed by atoms with Crippen LogP contribution in [0.2, 0.25) is 5.02 Å². The fourth-order valence-electron chi connectivity index (χ4n) is 1.56. The smallest absolute Gasteiger partial charge is 0.345 e. The third kappa shape index (κ3) is 3.34. The molecule has 0 aliphatic carbocycles. The fourth-order valence-corrected chi connectivity index (χ4v) is 2.55. The number of benzene rings is 1. The van der Waals surface area contributed by atoms with Crippen molar-refractivity contribution in [2.45, 2.75) is 6.42 Å². The molecular weight excluding hydrogens is 305 g/mol. The number of aromatic carboxylic acids is 1. The van der Waals surface area contributed by atoms with Gasteiger partial charge in [0.2, 0.25) is 5.91 Å². The molecule has 1 amide bonds. The van der Waals surface area contributed by atoms with Crippen LogP contribution in [0, 0.1) is 5.82 Å². The number of carbonyl (C=O) groups is 2. The summed E-state index contributed by atoms with van der Waals surface area (Å²) < 4.78 is 13.5. The fraction of sp³-hybridized carbons (Fsp3) is 0.0769. The first-order chi connectivity index (χ1) is 9.47. The predicted molar refractivity (Wildman–Crippen MR) is 75.0 cm³/mol. The second-order valence-corrected chi connectivity index (χ2v) is 5.39. The van der Waals surface area contributed by atoms with Crippen LogP contribution in [0.4, 0.5) is 9.39 Å². The average Bonchev–Trinajstić information content (AvgIpc) is 2.82. The van der Waals surface area contributed by atoms with E-state index in [1.54, 1.807) is 0 Å². The molecule has 0 radical (unpaired) electrons. The summed E-state index contributed by atoms with van der Waals surface area (Å²) in [5.74, 6) is -2.08. The van der Waals surface area contributed by atoms with E-state index < -0.39 is 17.7 Å². The van der Waals surface area contributed by atoms with Crippen molar-refractivity contribution in [2.24, 2.45) is 0 Å². The van der Waals surface area contributed by atoms with E-state index in [4.69, 9.17) is 16.7 Å². The number of rotatable bonds is 4. The SMILES string of the molecule is O=C(Cc1c(F)cccc1Cl)Nc1ccc(C(=O)O)s1. The number of nitrogens with one attached hydrogen (secondary N) is 1. The number of carbonyl (C=O) groups excluding carboxylic acids is 1. The van der Waals surface area contributed by atoms with Crippen LogP contribution < -0.4 is 5.32 Å². The second kappa shape index (κ2) is 6.02. The van der Waals surface area contributed by atoms with E-state index in [2.05, 4.69) is 5.32 Å². The van der Waals surface area contributed by atoms with Crippen molar-refractivity contribution < 1.29 is 19.1 Å². The van der Waals surface area contributed by atoms with Crippen molar-refractivity contribution in [1.29, 1.82) is 0 Å². The highest BCUT2D eigenvalue weighted by Gasteiger charge is 2.13. The van der Waals surface area contributed by atoms with Gasteiger partial charge in [-0.25, -0.2) is 9.18 Å². The summed E-state index contributed by atoms with van der Waals surface area (Å²) in [6.07, 6.45) is -0.216. The Morgan fingerprint density at radius 3 is 2.65 bits per heavy atom. The van der Waals surface area contributed by atoms with Crippen molar-refractivity contribution in [3.63, 3.8) is 0 Å². The third-order valence-corrected chi connectivity index (χ3v) is 3.82. The van der Waals surface area contributed by atoms with Gasteiger partial charge in [-0.05, 0) is 24.3 Å². The summed E-state index contributed by atoms with van der Waals surface area (Å²) in [5, 5.41) is 11.8. The number of anilines is 1. The van der Waals surface area contributed by atoms with Gasteiger partial charge in [0.05, 0.1) is 11.4 Å². The third-order valence-electron chi connectivity index (χ3n) is 2.48. The Hall–Kier alpha value is -1.92. The maximum atomic E-state index is 13.5. The second-order valence-electron chi connectivity index (χ2n) is 3.89. The summed E-state index contributed by atoms with van der Waals surface area (Å²) >= 11 is 6.76. The van der Waals surface area contributed by atoms with E-state index in [0.717, 1.165) is 11.3 Å². The highest BCUT2D eigenvalue weighted by atomic mass is 35.5. The minimum atomic E-state index is -1.06. The van der Waals surface area contributed by atoms with Gasteiger partial charge in [-0.2, -0.15) is 0 Å². The van der Waals surface area contributed by atoms with Gasteiger partial charge in [0.1, 0.15) is 10.7 Å². The van der Waals surface area contributed by atoms with Crippen molar-refractivity contribution in [3.05, 3.63) is 51.6 Å². The molecule has 0 bridgehead atoms.